The molecule has 7 heteroatoms. The summed E-state index contributed by atoms with van der Waals surface area (Å²) < 4.78 is 0.957. The molecule has 1 fully saturated rings. The molecular weight excluding hydrogens is 420 g/mol. The lowest BCUT2D eigenvalue weighted by Crippen LogP contribution is -2.47. The third-order valence-electron chi connectivity index (χ3n) is 6.49. The summed E-state index contributed by atoms with van der Waals surface area (Å²) in [5.74, 6) is -0.209. The Hall–Kier alpha value is -1.86. The van der Waals surface area contributed by atoms with Crippen molar-refractivity contribution in [1.29, 1.82) is 0 Å². The predicted octanol–water partition coefficient (Wildman–Crippen LogP) is 2.69. The Kier molecular flexibility index (Phi) is 5.22. The molecule has 1 aromatic carbocycles. The number of nitrogens with two attached hydrogens (primary N) is 1. The molecule has 4 rings (SSSR count). The van der Waals surface area contributed by atoms with Crippen molar-refractivity contribution in [3.63, 3.8) is 0 Å². The van der Waals surface area contributed by atoms with Crippen molar-refractivity contribution in [1.82, 2.24) is 14.8 Å². The molecule has 1 saturated heterocycles. The number of hydrogen-bond donors (Lipinski definition) is 2. The van der Waals surface area contributed by atoms with Crippen LogP contribution in [0.5, 0.6) is 0 Å². The third kappa shape index (κ3) is 3.35. The first-order valence-corrected chi connectivity index (χ1v) is 10.7. The fourth-order valence-electron chi connectivity index (χ4n) is 4.76. The third-order valence-corrected chi connectivity index (χ3v) is 7.15. The number of rotatable bonds is 3. The number of halogens is 1. The second-order valence-electron chi connectivity index (χ2n) is 8.21. The van der Waals surface area contributed by atoms with Crippen LogP contribution in [-0.4, -0.2) is 59.8 Å². The van der Waals surface area contributed by atoms with E-state index in [1.54, 1.807) is 6.07 Å². The lowest BCUT2D eigenvalue weighted by Gasteiger charge is -2.37. The quantitative estimate of drug-likeness (QED) is 0.759. The summed E-state index contributed by atoms with van der Waals surface area (Å²) in [5, 5.41) is 1.03. The van der Waals surface area contributed by atoms with Gasteiger partial charge in [-0.1, -0.05) is 15.9 Å². The molecule has 2 amide bonds. The SMILES string of the molecule is CN1CCC(N(C)C(=O)C2CCc3c([nH]c4c(C(N)=O)ccc(Br)c34)C2)CC1. The van der Waals surface area contributed by atoms with Gasteiger partial charge < -0.3 is 20.5 Å². The Morgan fingerprint density at radius 3 is 2.64 bits per heavy atom. The summed E-state index contributed by atoms with van der Waals surface area (Å²) in [7, 11) is 4.09. The zero-order valence-electron chi connectivity index (χ0n) is 16.4. The maximum Gasteiger partial charge on any atom is 0.250 e. The van der Waals surface area contributed by atoms with Crippen LogP contribution in [0.2, 0.25) is 0 Å². The molecule has 0 bridgehead atoms. The highest BCUT2D eigenvalue weighted by molar-refractivity contribution is 9.10. The zero-order valence-corrected chi connectivity index (χ0v) is 18.0. The van der Waals surface area contributed by atoms with Crippen molar-refractivity contribution >= 4 is 38.6 Å². The van der Waals surface area contributed by atoms with Crippen molar-refractivity contribution < 1.29 is 9.59 Å². The molecule has 0 spiro atoms. The first kappa shape index (κ1) is 19.5. The number of amides is 2. The van der Waals surface area contributed by atoms with Crippen LogP contribution in [0.4, 0.5) is 0 Å². The monoisotopic (exact) mass is 446 g/mol. The summed E-state index contributed by atoms with van der Waals surface area (Å²) >= 11 is 3.61. The second kappa shape index (κ2) is 7.52. The molecule has 2 aromatic rings. The maximum atomic E-state index is 13.2. The van der Waals surface area contributed by atoms with Gasteiger partial charge in [-0.25, -0.2) is 0 Å². The molecule has 0 radical (unpaired) electrons. The number of aromatic amines is 1. The predicted molar refractivity (Wildman–Crippen MR) is 113 cm³/mol. The fourth-order valence-corrected chi connectivity index (χ4v) is 5.33. The average Bonchev–Trinajstić information content (AvgIpc) is 3.06. The van der Waals surface area contributed by atoms with E-state index in [0.29, 0.717) is 18.0 Å². The number of H-pyrrole nitrogens is 1. The molecule has 1 aliphatic heterocycles. The smallest absolute Gasteiger partial charge is 0.250 e. The number of carbonyl (C=O) groups is 2. The number of fused-ring (bicyclic) bond motifs is 3. The van der Waals surface area contributed by atoms with E-state index in [-0.39, 0.29) is 11.8 Å². The summed E-state index contributed by atoms with van der Waals surface area (Å²) in [6.07, 6.45) is 4.43. The molecular formula is C21H27BrN4O2. The van der Waals surface area contributed by atoms with Gasteiger partial charge in [0.25, 0.3) is 5.91 Å². The molecule has 6 nitrogen and oxygen atoms in total. The molecule has 2 aliphatic rings. The molecule has 150 valence electrons. The molecule has 1 aliphatic carbocycles. The van der Waals surface area contributed by atoms with E-state index in [0.717, 1.165) is 59.8 Å². The van der Waals surface area contributed by atoms with E-state index >= 15 is 0 Å². The Bertz CT molecular complexity index is 930. The minimum Gasteiger partial charge on any atom is -0.366 e. The molecule has 2 heterocycles. The van der Waals surface area contributed by atoms with Gasteiger partial charge in [-0.3, -0.25) is 9.59 Å². The van der Waals surface area contributed by atoms with E-state index < -0.39 is 5.91 Å². The minimum atomic E-state index is -0.439. The zero-order chi connectivity index (χ0) is 20.0. The highest BCUT2D eigenvalue weighted by Crippen LogP contribution is 2.37. The number of piperidine rings is 1. The van der Waals surface area contributed by atoms with E-state index in [2.05, 4.69) is 32.9 Å². The first-order chi connectivity index (χ1) is 13.4. The van der Waals surface area contributed by atoms with Crippen LogP contribution in [0.1, 0.15) is 40.9 Å². The van der Waals surface area contributed by atoms with Crippen molar-refractivity contribution in [3.8, 4) is 0 Å². The van der Waals surface area contributed by atoms with Gasteiger partial charge in [0.05, 0.1) is 11.1 Å². The van der Waals surface area contributed by atoms with Gasteiger partial charge in [-0.2, -0.15) is 0 Å². The fraction of sp³-hybridized carbons (Fsp3) is 0.524. The largest absolute Gasteiger partial charge is 0.366 e. The molecule has 1 unspecified atom stereocenters. The number of nitrogens with zero attached hydrogens (tertiary/aromatic N) is 2. The van der Waals surface area contributed by atoms with Gasteiger partial charge in [-0.15, -0.1) is 0 Å². The van der Waals surface area contributed by atoms with E-state index in [1.807, 2.05) is 18.0 Å². The number of nitrogens with one attached hydrogen (secondary N) is 1. The van der Waals surface area contributed by atoms with E-state index in [1.165, 1.54) is 5.56 Å². The van der Waals surface area contributed by atoms with Crippen molar-refractivity contribution in [2.45, 2.75) is 38.1 Å². The summed E-state index contributed by atoms with van der Waals surface area (Å²) in [6.45, 7) is 2.09. The number of carbonyl (C=O) groups excluding carboxylic acids is 2. The minimum absolute atomic E-state index is 0.0129. The van der Waals surface area contributed by atoms with E-state index in [9.17, 15) is 9.59 Å². The standard InChI is InChI=1S/C21H27BrN4O2/c1-25-9-7-13(8-10-25)26(2)21(28)12-3-4-14-17(11-12)24-19-15(20(23)27)5-6-16(22)18(14)19/h5-6,12-13,24H,3-4,7-11H2,1-2H3,(H2,23,27). The van der Waals surface area contributed by atoms with Crippen LogP contribution >= 0.6 is 15.9 Å². The number of likely N-dealkylation sites (tertiary alicyclic amines) is 1. The number of primary amides is 1. The van der Waals surface area contributed by atoms with Gasteiger partial charge >= 0.3 is 0 Å². The van der Waals surface area contributed by atoms with Crippen LogP contribution in [0.15, 0.2) is 16.6 Å². The van der Waals surface area contributed by atoms with Crippen LogP contribution in [0.3, 0.4) is 0 Å². The second-order valence-corrected chi connectivity index (χ2v) is 9.07. The first-order valence-electron chi connectivity index (χ1n) is 9.93. The van der Waals surface area contributed by atoms with Crippen LogP contribution in [0.25, 0.3) is 10.9 Å². The van der Waals surface area contributed by atoms with Crippen LogP contribution < -0.4 is 5.73 Å². The van der Waals surface area contributed by atoms with Crippen molar-refractivity contribution in [2.75, 3.05) is 27.2 Å². The Balaban J connectivity index is 1.58. The van der Waals surface area contributed by atoms with Crippen molar-refractivity contribution in [2.24, 2.45) is 11.7 Å². The van der Waals surface area contributed by atoms with Gasteiger partial charge in [-0.05, 0) is 69.9 Å². The van der Waals surface area contributed by atoms with Gasteiger partial charge in [0.15, 0.2) is 0 Å². The molecule has 1 atom stereocenters. The van der Waals surface area contributed by atoms with Crippen molar-refractivity contribution in [3.05, 3.63) is 33.4 Å². The summed E-state index contributed by atoms with van der Waals surface area (Å²) in [4.78, 5) is 32.7. The highest BCUT2D eigenvalue weighted by Gasteiger charge is 2.33. The van der Waals surface area contributed by atoms with E-state index in [4.69, 9.17) is 5.73 Å². The summed E-state index contributed by atoms with van der Waals surface area (Å²) in [6, 6.07) is 3.96. The topological polar surface area (TPSA) is 82.4 Å². The summed E-state index contributed by atoms with van der Waals surface area (Å²) in [5.41, 5.74) is 9.10. The number of aryl methyl sites for hydroxylation is 1. The van der Waals surface area contributed by atoms with Crippen LogP contribution in [0, 0.1) is 5.92 Å². The molecule has 28 heavy (non-hydrogen) atoms. The normalized spacial score (nSPS) is 20.9. The highest BCUT2D eigenvalue weighted by atomic mass is 79.9. The Labute approximate surface area is 173 Å². The molecule has 3 N–H and O–H groups in total. The number of aromatic nitrogens is 1. The van der Waals surface area contributed by atoms with Gasteiger partial charge in [0.1, 0.15) is 0 Å². The number of hydrogen-bond acceptors (Lipinski definition) is 3. The molecule has 1 aromatic heterocycles. The van der Waals surface area contributed by atoms with Gasteiger partial charge in [0.2, 0.25) is 5.91 Å². The average molecular weight is 447 g/mol. The van der Waals surface area contributed by atoms with Crippen LogP contribution in [-0.2, 0) is 17.6 Å². The number of benzene rings is 1. The Morgan fingerprint density at radius 2 is 1.96 bits per heavy atom. The Morgan fingerprint density at radius 1 is 1.25 bits per heavy atom. The maximum absolute atomic E-state index is 13.2. The lowest BCUT2D eigenvalue weighted by molar-refractivity contribution is -0.137. The lowest BCUT2D eigenvalue weighted by atomic mass is 9.85. The molecule has 0 saturated carbocycles. The van der Waals surface area contributed by atoms with Gasteiger partial charge in [0, 0.05) is 34.6 Å².